The molecule has 2 heterocycles. The van der Waals surface area contributed by atoms with Crippen LogP contribution in [0.15, 0.2) is 12.3 Å². The van der Waals surface area contributed by atoms with Crippen LogP contribution in [0.5, 0.6) is 0 Å². The second kappa shape index (κ2) is 3.63. The fraction of sp³-hybridized carbons (Fsp3) is 0.333. The third-order valence-electron chi connectivity index (χ3n) is 2.82. The molecule has 4 heteroatoms. The van der Waals surface area contributed by atoms with E-state index in [2.05, 4.69) is 4.98 Å². The Balaban J connectivity index is 2.80. The molecule has 0 saturated heterocycles. The maximum Gasteiger partial charge on any atom is 0.337 e. The van der Waals surface area contributed by atoms with Gasteiger partial charge in [-0.25, -0.2) is 9.78 Å². The van der Waals surface area contributed by atoms with Gasteiger partial charge in [0.25, 0.3) is 0 Å². The molecule has 0 bridgehead atoms. The number of aromatic carboxylic acids is 1. The summed E-state index contributed by atoms with van der Waals surface area (Å²) >= 11 is 0. The fourth-order valence-electron chi connectivity index (χ4n) is 1.92. The molecule has 4 nitrogen and oxygen atoms in total. The standard InChI is InChI=1S/C12H14N2O2/c1-4-10-8(3)14-6-9(12(15)16)5-7(2)11(14)13-10/h5-6H,4H2,1-3H3,(H,15,16). The summed E-state index contributed by atoms with van der Waals surface area (Å²) in [4.78, 5) is 15.5. The molecule has 0 fully saturated rings. The number of rotatable bonds is 2. The van der Waals surface area contributed by atoms with E-state index in [0.717, 1.165) is 29.0 Å². The smallest absolute Gasteiger partial charge is 0.337 e. The fourth-order valence-corrected chi connectivity index (χ4v) is 1.92. The third-order valence-corrected chi connectivity index (χ3v) is 2.82. The van der Waals surface area contributed by atoms with Gasteiger partial charge in [-0.1, -0.05) is 6.92 Å². The number of hydrogen-bond donors (Lipinski definition) is 1. The average Bonchev–Trinajstić information content (AvgIpc) is 2.56. The summed E-state index contributed by atoms with van der Waals surface area (Å²) in [6, 6.07) is 1.66. The van der Waals surface area contributed by atoms with Crippen molar-refractivity contribution in [1.29, 1.82) is 0 Å². The minimum absolute atomic E-state index is 0.299. The van der Waals surface area contributed by atoms with Gasteiger partial charge in [0.1, 0.15) is 5.65 Å². The summed E-state index contributed by atoms with van der Waals surface area (Å²) in [6.07, 6.45) is 2.49. The van der Waals surface area contributed by atoms with Crippen LogP contribution in [0.25, 0.3) is 5.65 Å². The van der Waals surface area contributed by atoms with Crippen molar-refractivity contribution in [3.8, 4) is 0 Å². The third kappa shape index (κ3) is 1.46. The van der Waals surface area contributed by atoms with Crippen LogP contribution < -0.4 is 0 Å². The van der Waals surface area contributed by atoms with E-state index in [0.29, 0.717) is 5.56 Å². The van der Waals surface area contributed by atoms with Crippen molar-refractivity contribution < 1.29 is 9.90 Å². The second-order valence-corrected chi connectivity index (χ2v) is 3.91. The van der Waals surface area contributed by atoms with Crippen LogP contribution >= 0.6 is 0 Å². The average molecular weight is 218 g/mol. The van der Waals surface area contributed by atoms with Gasteiger partial charge in [0, 0.05) is 11.9 Å². The first-order chi connectivity index (χ1) is 7.54. The molecule has 0 aliphatic heterocycles. The Morgan fingerprint density at radius 3 is 2.75 bits per heavy atom. The SMILES string of the molecule is CCc1nc2c(C)cc(C(=O)O)cn2c1C. The van der Waals surface area contributed by atoms with Crippen LogP contribution in [-0.4, -0.2) is 20.5 Å². The minimum Gasteiger partial charge on any atom is -0.478 e. The molecule has 0 saturated carbocycles. The van der Waals surface area contributed by atoms with Crippen molar-refractivity contribution in [2.75, 3.05) is 0 Å². The van der Waals surface area contributed by atoms with E-state index in [4.69, 9.17) is 5.11 Å². The largest absolute Gasteiger partial charge is 0.478 e. The first-order valence-electron chi connectivity index (χ1n) is 5.26. The molecular weight excluding hydrogens is 204 g/mol. The molecule has 2 aromatic heterocycles. The van der Waals surface area contributed by atoms with Crippen LogP contribution in [0.4, 0.5) is 0 Å². The van der Waals surface area contributed by atoms with Gasteiger partial charge < -0.3 is 9.51 Å². The quantitative estimate of drug-likeness (QED) is 0.840. The summed E-state index contributed by atoms with van der Waals surface area (Å²) in [5.74, 6) is -0.906. The lowest BCUT2D eigenvalue weighted by molar-refractivity contribution is 0.0696. The lowest BCUT2D eigenvalue weighted by atomic mass is 10.2. The molecule has 84 valence electrons. The van der Waals surface area contributed by atoms with Gasteiger partial charge in [0.15, 0.2) is 0 Å². The predicted octanol–water partition coefficient (Wildman–Crippen LogP) is 2.21. The van der Waals surface area contributed by atoms with E-state index in [-0.39, 0.29) is 0 Å². The molecular formula is C12H14N2O2. The molecule has 1 N–H and O–H groups in total. The molecule has 0 aliphatic rings. The normalized spacial score (nSPS) is 10.9. The van der Waals surface area contributed by atoms with Gasteiger partial charge in [0.2, 0.25) is 0 Å². The number of carboxylic acid groups (broad SMARTS) is 1. The zero-order chi connectivity index (χ0) is 11.9. The number of carboxylic acids is 1. The molecule has 0 unspecified atom stereocenters. The Morgan fingerprint density at radius 2 is 2.19 bits per heavy atom. The van der Waals surface area contributed by atoms with Gasteiger partial charge in [-0.05, 0) is 31.9 Å². The number of imidazole rings is 1. The van der Waals surface area contributed by atoms with Gasteiger partial charge in [-0.15, -0.1) is 0 Å². The van der Waals surface area contributed by atoms with Gasteiger partial charge in [-0.2, -0.15) is 0 Å². The summed E-state index contributed by atoms with van der Waals surface area (Å²) in [5, 5.41) is 8.99. The number of aryl methyl sites for hydroxylation is 3. The highest BCUT2D eigenvalue weighted by Gasteiger charge is 2.12. The molecule has 0 aromatic carbocycles. The van der Waals surface area contributed by atoms with E-state index in [1.165, 1.54) is 0 Å². The zero-order valence-corrected chi connectivity index (χ0v) is 9.61. The van der Waals surface area contributed by atoms with E-state index < -0.39 is 5.97 Å². The molecule has 2 aromatic rings. The molecule has 0 atom stereocenters. The highest BCUT2D eigenvalue weighted by molar-refractivity contribution is 5.88. The predicted molar refractivity (Wildman–Crippen MR) is 61.0 cm³/mol. The maximum atomic E-state index is 11.0. The molecule has 0 amide bonds. The topological polar surface area (TPSA) is 54.6 Å². The lowest BCUT2D eigenvalue weighted by Crippen LogP contribution is -2.01. The highest BCUT2D eigenvalue weighted by atomic mass is 16.4. The van der Waals surface area contributed by atoms with Crippen molar-refractivity contribution in [2.45, 2.75) is 27.2 Å². The van der Waals surface area contributed by atoms with Crippen molar-refractivity contribution in [3.05, 3.63) is 34.8 Å². The summed E-state index contributed by atoms with van der Waals surface area (Å²) in [6.45, 7) is 5.89. The number of fused-ring (bicyclic) bond motifs is 1. The van der Waals surface area contributed by atoms with Gasteiger partial charge >= 0.3 is 5.97 Å². The van der Waals surface area contributed by atoms with Crippen LogP contribution in [0.3, 0.4) is 0 Å². The van der Waals surface area contributed by atoms with Crippen molar-refractivity contribution in [1.82, 2.24) is 9.38 Å². The molecule has 0 radical (unpaired) electrons. The minimum atomic E-state index is -0.906. The van der Waals surface area contributed by atoms with Crippen LogP contribution in [-0.2, 0) is 6.42 Å². The molecule has 2 rings (SSSR count). The number of pyridine rings is 1. The number of hydrogen-bond acceptors (Lipinski definition) is 2. The Morgan fingerprint density at radius 1 is 1.50 bits per heavy atom. The van der Waals surface area contributed by atoms with Crippen molar-refractivity contribution >= 4 is 11.6 Å². The number of nitrogens with zero attached hydrogens (tertiary/aromatic N) is 2. The summed E-state index contributed by atoms with van der Waals surface area (Å²) in [7, 11) is 0. The Kier molecular flexibility index (Phi) is 2.42. The van der Waals surface area contributed by atoms with E-state index in [9.17, 15) is 4.79 Å². The summed E-state index contributed by atoms with van der Waals surface area (Å²) < 4.78 is 1.86. The van der Waals surface area contributed by atoms with Crippen LogP contribution in [0.1, 0.15) is 34.2 Å². The first-order valence-corrected chi connectivity index (χ1v) is 5.26. The number of carbonyl (C=O) groups is 1. The Bertz CT molecular complexity index is 570. The van der Waals surface area contributed by atoms with Crippen molar-refractivity contribution in [3.63, 3.8) is 0 Å². The molecule has 0 spiro atoms. The van der Waals surface area contributed by atoms with E-state index >= 15 is 0 Å². The van der Waals surface area contributed by atoms with Gasteiger partial charge in [0.05, 0.1) is 11.3 Å². The lowest BCUT2D eigenvalue weighted by Gasteiger charge is -2.02. The Hall–Kier alpha value is -1.84. The molecule has 0 aliphatic carbocycles. The Labute approximate surface area is 93.5 Å². The van der Waals surface area contributed by atoms with E-state index in [1.807, 2.05) is 25.2 Å². The van der Waals surface area contributed by atoms with Crippen LogP contribution in [0, 0.1) is 13.8 Å². The first kappa shape index (κ1) is 10.7. The second-order valence-electron chi connectivity index (χ2n) is 3.91. The molecule has 16 heavy (non-hydrogen) atoms. The monoisotopic (exact) mass is 218 g/mol. The zero-order valence-electron chi connectivity index (χ0n) is 9.61. The van der Waals surface area contributed by atoms with Crippen molar-refractivity contribution in [2.24, 2.45) is 0 Å². The van der Waals surface area contributed by atoms with Crippen LogP contribution in [0.2, 0.25) is 0 Å². The summed E-state index contributed by atoms with van der Waals surface area (Å²) in [5.41, 5.74) is 4.07. The van der Waals surface area contributed by atoms with Gasteiger partial charge in [-0.3, -0.25) is 0 Å². The maximum absolute atomic E-state index is 11.0. The van der Waals surface area contributed by atoms with E-state index in [1.54, 1.807) is 12.3 Å². The number of aromatic nitrogens is 2. The highest BCUT2D eigenvalue weighted by Crippen LogP contribution is 2.17.